The highest BCUT2D eigenvalue weighted by Crippen LogP contribution is 2.39. The summed E-state index contributed by atoms with van der Waals surface area (Å²) < 4.78 is 5.67. The van der Waals surface area contributed by atoms with E-state index < -0.39 is 0 Å². The van der Waals surface area contributed by atoms with Gasteiger partial charge in [-0.1, -0.05) is 27.2 Å². The Morgan fingerprint density at radius 3 is 2.60 bits per heavy atom. The molecular formula is C17H30N2O. The van der Waals surface area contributed by atoms with E-state index in [-0.39, 0.29) is 5.54 Å². The van der Waals surface area contributed by atoms with Crippen molar-refractivity contribution in [2.75, 3.05) is 13.2 Å². The summed E-state index contributed by atoms with van der Waals surface area (Å²) >= 11 is 0. The van der Waals surface area contributed by atoms with Crippen LogP contribution in [0.3, 0.4) is 0 Å². The summed E-state index contributed by atoms with van der Waals surface area (Å²) in [5, 5.41) is 13.2. The van der Waals surface area contributed by atoms with Gasteiger partial charge in [0.15, 0.2) is 0 Å². The second-order valence-corrected chi connectivity index (χ2v) is 7.70. The molecule has 0 radical (unpaired) electrons. The average Bonchev–Trinajstić information content (AvgIpc) is 2.81. The molecule has 2 rings (SSSR count). The van der Waals surface area contributed by atoms with Crippen LogP contribution in [-0.4, -0.2) is 24.8 Å². The first kappa shape index (κ1) is 15.8. The molecule has 1 N–H and O–H groups in total. The van der Waals surface area contributed by atoms with Crippen molar-refractivity contribution in [1.29, 1.82) is 5.26 Å². The van der Waals surface area contributed by atoms with E-state index in [9.17, 15) is 5.26 Å². The minimum Gasteiger partial charge on any atom is -0.377 e. The molecule has 3 atom stereocenters. The second-order valence-electron chi connectivity index (χ2n) is 7.70. The minimum absolute atomic E-state index is 0.314. The Labute approximate surface area is 124 Å². The van der Waals surface area contributed by atoms with Crippen LogP contribution in [0.5, 0.6) is 0 Å². The van der Waals surface area contributed by atoms with Gasteiger partial charge in [0.25, 0.3) is 0 Å². The first-order valence-electron chi connectivity index (χ1n) is 8.23. The molecule has 1 aliphatic heterocycles. The number of nitrogens with zero attached hydrogens (tertiary/aromatic N) is 1. The molecule has 2 fully saturated rings. The van der Waals surface area contributed by atoms with Crippen molar-refractivity contribution in [1.82, 2.24) is 5.32 Å². The quantitative estimate of drug-likeness (QED) is 0.802. The van der Waals surface area contributed by atoms with Crippen molar-refractivity contribution in [2.45, 2.75) is 77.4 Å². The molecule has 3 unspecified atom stereocenters. The van der Waals surface area contributed by atoms with Crippen LogP contribution >= 0.6 is 0 Å². The molecule has 2 aliphatic rings. The van der Waals surface area contributed by atoms with Gasteiger partial charge < -0.3 is 4.74 Å². The van der Waals surface area contributed by atoms with Gasteiger partial charge in [-0.2, -0.15) is 5.26 Å². The summed E-state index contributed by atoms with van der Waals surface area (Å²) in [6, 6.07) is 2.59. The molecule has 0 aromatic rings. The summed E-state index contributed by atoms with van der Waals surface area (Å²) in [5.74, 6) is 0.738. The van der Waals surface area contributed by atoms with E-state index in [0.29, 0.717) is 11.5 Å². The lowest BCUT2D eigenvalue weighted by Crippen LogP contribution is -2.46. The van der Waals surface area contributed by atoms with Gasteiger partial charge in [0.2, 0.25) is 0 Å². The summed E-state index contributed by atoms with van der Waals surface area (Å²) in [7, 11) is 0. The summed E-state index contributed by atoms with van der Waals surface area (Å²) in [6.45, 7) is 8.72. The van der Waals surface area contributed by atoms with E-state index in [0.717, 1.165) is 57.6 Å². The second kappa shape index (κ2) is 6.45. The Hall–Kier alpha value is -0.590. The number of nitrogens with one attached hydrogen (secondary N) is 1. The van der Waals surface area contributed by atoms with E-state index in [4.69, 9.17) is 4.74 Å². The molecule has 1 saturated heterocycles. The molecule has 3 heteroatoms. The van der Waals surface area contributed by atoms with E-state index in [1.54, 1.807) is 0 Å². The van der Waals surface area contributed by atoms with Crippen LogP contribution < -0.4 is 5.32 Å². The Balaban J connectivity index is 1.91. The smallest absolute Gasteiger partial charge is 0.106 e. The van der Waals surface area contributed by atoms with Crippen LogP contribution in [0.4, 0.5) is 0 Å². The van der Waals surface area contributed by atoms with E-state index >= 15 is 0 Å². The van der Waals surface area contributed by atoms with Gasteiger partial charge in [-0.3, -0.25) is 5.32 Å². The fourth-order valence-electron chi connectivity index (χ4n) is 3.65. The zero-order chi connectivity index (χ0) is 14.6. The number of rotatable bonds is 3. The largest absolute Gasteiger partial charge is 0.377 e. The van der Waals surface area contributed by atoms with Crippen LogP contribution in [0, 0.1) is 22.7 Å². The van der Waals surface area contributed by atoms with Crippen LogP contribution in [0.25, 0.3) is 0 Å². The van der Waals surface area contributed by atoms with Gasteiger partial charge in [-0.25, -0.2) is 0 Å². The molecule has 0 amide bonds. The molecule has 1 saturated carbocycles. The lowest BCUT2D eigenvalue weighted by Gasteiger charge is -2.31. The molecule has 114 valence electrons. The molecule has 1 aliphatic carbocycles. The molecule has 20 heavy (non-hydrogen) atoms. The summed E-state index contributed by atoms with van der Waals surface area (Å²) in [4.78, 5) is 0. The number of ether oxygens (including phenoxy) is 1. The number of nitriles is 1. The lowest BCUT2D eigenvalue weighted by atomic mass is 9.76. The molecular weight excluding hydrogens is 248 g/mol. The van der Waals surface area contributed by atoms with Crippen LogP contribution in [-0.2, 0) is 4.74 Å². The van der Waals surface area contributed by atoms with E-state index in [2.05, 4.69) is 32.2 Å². The fraction of sp³-hybridized carbons (Fsp3) is 0.941. The van der Waals surface area contributed by atoms with Crippen LogP contribution in [0.15, 0.2) is 0 Å². The number of hydrogen-bond acceptors (Lipinski definition) is 3. The molecule has 0 aromatic carbocycles. The van der Waals surface area contributed by atoms with Gasteiger partial charge in [0.1, 0.15) is 5.54 Å². The molecule has 0 bridgehead atoms. The standard InChI is InChI=1S/C17H30N2O/c1-16(2,3)14-6-4-9-17(13-18,10-8-14)19-12-15-7-5-11-20-15/h14-15,19H,4-12H2,1-3H3. The third-order valence-corrected chi connectivity index (χ3v) is 5.21. The van der Waals surface area contributed by atoms with Crippen molar-refractivity contribution < 1.29 is 4.74 Å². The molecule has 1 heterocycles. The third-order valence-electron chi connectivity index (χ3n) is 5.21. The maximum atomic E-state index is 9.68. The fourth-order valence-corrected chi connectivity index (χ4v) is 3.65. The van der Waals surface area contributed by atoms with Gasteiger partial charge in [-0.05, 0) is 49.9 Å². The predicted molar refractivity (Wildman–Crippen MR) is 81.4 cm³/mol. The van der Waals surface area contributed by atoms with Crippen LogP contribution in [0.1, 0.15) is 65.7 Å². The molecule has 0 spiro atoms. The van der Waals surface area contributed by atoms with Crippen molar-refractivity contribution in [3.05, 3.63) is 0 Å². The van der Waals surface area contributed by atoms with Crippen LogP contribution in [0.2, 0.25) is 0 Å². The Morgan fingerprint density at radius 1 is 1.20 bits per heavy atom. The van der Waals surface area contributed by atoms with Gasteiger partial charge in [0.05, 0.1) is 12.2 Å². The van der Waals surface area contributed by atoms with E-state index in [1.165, 1.54) is 6.42 Å². The number of hydrogen-bond donors (Lipinski definition) is 1. The Morgan fingerprint density at radius 2 is 2.00 bits per heavy atom. The summed E-state index contributed by atoms with van der Waals surface area (Å²) in [5.41, 5.74) is 0.0477. The highest BCUT2D eigenvalue weighted by Gasteiger charge is 2.36. The van der Waals surface area contributed by atoms with Gasteiger partial charge in [0, 0.05) is 13.2 Å². The van der Waals surface area contributed by atoms with Gasteiger partial charge >= 0.3 is 0 Å². The maximum absolute atomic E-state index is 9.68. The minimum atomic E-state index is -0.314. The normalized spacial score (nSPS) is 35.5. The van der Waals surface area contributed by atoms with Crippen molar-refractivity contribution in [3.63, 3.8) is 0 Å². The average molecular weight is 278 g/mol. The predicted octanol–water partition coefficient (Wildman–Crippen LogP) is 3.64. The van der Waals surface area contributed by atoms with Gasteiger partial charge in [-0.15, -0.1) is 0 Å². The Bertz CT molecular complexity index is 349. The topological polar surface area (TPSA) is 45.0 Å². The Kier molecular flexibility index (Phi) is 5.09. The third kappa shape index (κ3) is 3.96. The molecule has 3 nitrogen and oxygen atoms in total. The van der Waals surface area contributed by atoms with Crippen molar-refractivity contribution in [2.24, 2.45) is 11.3 Å². The van der Waals surface area contributed by atoms with Crippen molar-refractivity contribution >= 4 is 0 Å². The van der Waals surface area contributed by atoms with E-state index in [1.807, 2.05) is 0 Å². The first-order chi connectivity index (χ1) is 9.45. The monoisotopic (exact) mass is 278 g/mol. The maximum Gasteiger partial charge on any atom is 0.106 e. The molecule has 0 aromatic heterocycles. The zero-order valence-electron chi connectivity index (χ0n) is 13.4. The first-order valence-corrected chi connectivity index (χ1v) is 8.23. The summed E-state index contributed by atoms with van der Waals surface area (Å²) in [6.07, 6.45) is 8.18. The zero-order valence-corrected chi connectivity index (χ0v) is 13.4. The SMILES string of the molecule is CC(C)(C)C1CCCC(C#N)(NCC2CCCO2)CC1. The highest BCUT2D eigenvalue weighted by molar-refractivity contribution is 5.09. The van der Waals surface area contributed by atoms with Crippen molar-refractivity contribution in [3.8, 4) is 6.07 Å². The lowest BCUT2D eigenvalue weighted by molar-refractivity contribution is 0.103. The highest BCUT2D eigenvalue weighted by atomic mass is 16.5.